The van der Waals surface area contributed by atoms with Gasteiger partial charge in [0.2, 0.25) is 0 Å². The van der Waals surface area contributed by atoms with Crippen LogP contribution in [0.25, 0.3) is 0 Å². The minimum atomic E-state index is -0.921. The zero-order valence-electron chi connectivity index (χ0n) is 9.05. The first-order valence-electron chi connectivity index (χ1n) is 4.99. The second kappa shape index (κ2) is 5.90. The Morgan fingerprint density at radius 3 is 2.44 bits per heavy atom. The number of carboxylic acid groups (broad SMARTS) is 1. The number of methoxy groups -OCH3 is 1. The third-order valence-electron chi connectivity index (χ3n) is 2.36. The lowest BCUT2D eigenvalue weighted by Gasteiger charge is -2.11. The normalized spacial score (nSPS) is 11.8. The Morgan fingerprint density at radius 1 is 1.31 bits per heavy atom. The molecule has 1 unspecified atom stereocenters. The van der Waals surface area contributed by atoms with Gasteiger partial charge in [-0.2, -0.15) is 0 Å². The van der Waals surface area contributed by atoms with E-state index in [2.05, 4.69) is 4.74 Å². The third-order valence-corrected chi connectivity index (χ3v) is 2.36. The maximum atomic E-state index is 11.0. The van der Waals surface area contributed by atoms with Crippen LogP contribution < -0.4 is 0 Å². The topological polar surface area (TPSA) is 63.6 Å². The fraction of sp³-hybridized carbons (Fsp3) is 0.333. The van der Waals surface area contributed by atoms with Crippen LogP contribution in [0.5, 0.6) is 0 Å². The largest absolute Gasteiger partial charge is 0.481 e. The van der Waals surface area contributed by atoms with Crippen molar-refractivity contribution in [3.63, 3.8) is 0 Å². The number of hydrogen-bond donors (Lipinski definition) is 1. The van der Waals surface area contributed by atoms with Gasteiger partial charge in [-0.15, -0.1) is 0 Å². The monoisotopic (exact) mass is 222 g/mol. The zero-order chi connectivity index (χ0) is 12.0. The SMILES string of the molecule is COC(=O)CCC(C(=O)O)c1ccccc1. The molecule has 1 N–H and O–H groups in total. The Labute approximate surface area is 93.9 Å². The van der Waals surface area contributed by atoms with Gasteiger partial charge in [-0.3, -0.25) is 9.59 Å². The molecule has 0 heterocycles. The van der Waals surface area contributed by atoms with E-state index in [1.807, 2.05) is 6.07 Å². The van der Waals surface area contributed by atoms with Crippen LogP contribution in [-0.4, -0.2) is 24.2 Å². The summed E-state index contributed by atoms with van der Waals surface area (Å²) >= 11 is 0. The van der Waals surface area contributed by atoms with Gasteiger partial charge < -0.3 is 9.84 Å². The van der Waals surface area contributed by atoms with Crippen molar-refractivity contribution < 1.29 is 19.4 Å². The highest BCUT2D eigenvalue weighted by Gasteiger charge is 2.20. The molecule has 0 amide bonds. The quantitative estimate of drug-likeness (QED) is 0.772. The maximum absolute atomic E-state index is 11.0. The fourth-order valence-corrected chi connectivity index (χ4v) is 1.48. The smallest absolute Gasteiger partial charge is 0.310 e. The van der Waals surface area contributed by atoms with Crippen LogP contribution in [0.15, 0.2) is 30.3 Å². The summed E-state index contributed by atoms with van der Waals surface area (Å²) in [6.07, 6.45) is 0.369. The Hall–Kier alpha value is -1.84. The highest BCUT2D eigenvalue weighted by molar-refractivity contribution is 5.77. The first-order chi connectivity index (χ1) is 7.65. The molecule has 16 heavy (non-hydrogen) atoms. The van der Waals surface area contributed by atoms with E-state index in [1.54, 1.807) is 24.3 Å². The van der Waals surface area contributed by atoms with Crippen molar-refractivity contribution in [3.8, 4) is 0 Å². The van der Waals surface area contributed by atoms with E-state index in [1.165, 1.54) is 7.11 Å². The Balaban J connectivity index is 2.69. The molecule has 86 valence electrons. The summed E-state index contributed by atoms with van der Waals surface area (Å²) in [6, 6.07) is 8.88. The molecule has 0 saturated heterocycles. The van der Waals surface area contributed by atoms with Crippen molar-refractivity contribution in [2.75, 3.05) is 7.11 Å². The first kappa shape index (κ1) is 12.2. The predicted octanol–water partition coefficient (Wildman–Crippen LogP) is 1.81. The second-order valence-electron chi connectivity index (χ2n) is 3.42. The number of carbonyl (C=O) groups is 2. The summed E-state index contributed by atoms with van der Waals surface area (Å²) in [4.78, 5) is 22.0. The van der Waals surface area contributed by atoms with Crippen molar-refractivity contribution in [2.45, 2.75) is 18.8 Å². The number of esters is 1. The molecule has 0 fully saturated rings. The van der Waals surface area contributed by atoms with Crippen molar-refractivity contribution in [1.82, 2.24) is 0 Å². The predicted molar refractivity (Wildman–Crippen MR) is 58.1 cm³/mol. The summed E-state index contributed by atoms with van der Waals surface area (Å²) in [5.74, 6) is -1.96. The van der Waals surface area contributed by atoms with Gasteiger partial charge in [-0.05, 0) is 12.0 Å². The summed E-state index contributed by atoms with van der Waals surface area (Å²) in [7, 11) is 1.29. The van der Waals surface area contributed by atoms with Gasteiger partial charge >= 0.3 is 11.9 Å². The van der Waals surface area contributed by atoms with E-state index in [9.17, 15) is 9.59 Å². The van der Waals surface area contributed by atoms with Crippen molar-refractivity contribution in [3.05, 3.63) is 35.9 Å². The molecular weight excluding hydrogens is 208 g/mol. The summed E-state index contributed by atoms with van der Waals surface area (Å²) in [5.41, 5.74) is 0.707. The molecule has 4 nitrogen and oxygen atoms in total. The third kappa shape index (κ3) is 3.38. The van der Waals surface area contributed by atoms with Gasteiger partial charge in [0.15, 0.2) is 0 Å². The molecule has 1 atom stereocenters. The molecular formula is C12H14O4. The minimum absolute atomic E-state index is 0.113. The van der Waals surface area contributed by atoms with E-state index in [-0.39, 0.29) is 18.8 Å². The Kier molecular flexibility index (Phi) is 4.51. The molecule has 1 aromatic carbocycles. The standard InChI is InChI=1S/C12H14O4/c1-16-11(13)8-7-10(12(14)15)9-5-3-2-4-6-9/h2-6,10H,7-8H2,1H3,(H,14,15). The molecule has 0 bridgehead atoms. The zero-order valence-corrected chi connectivity index (χ0v) is 9.05. The van der Waals surface area contributed by atoms with Crippen LogP contribution in [-0.2, 0) is 14.3 Å². The number of rotatable bonds is 5. The van der Waals surface area contributed by atoms with Crippen LogP contribution in [0, 0.1) is 0 Å². The lowest BCUT2D eigenvalue weighted by Crippen LogP contribution is -2.13. The van der Waals surface area contributed by atoms with E-state index in [4.69, 9.17) is 5.11 Å². The van der Waals surface area contributed by atoms with Gasteiger partial charge in [-0.1, -0.05) is 30.3 Å². The second-order valence-corrected chi connectivity index (χ2v) is 3.42. The average molecular weight is 222 g/mol. The van der Waals surface area contributed by atoms with Crippen molar-refractivity contribution >= 4 is 11.9 Å². The molecule has 0 aromatic heterocycles. The van der Waals surface area contributed by atoms with Crippen LogP contribution >= 0.6 is 0 Å². The van der Waals surface area contributed by atoms with Crippen molar-refractivity contribution in [2.24, 2.45) is 0 Å². The summed E-state index contributed by atoms with van der Waals surface area (Å²) in [5, 5.41) is 9.06. The van der Waals surface area contributed by atoms with Crippen molar-refractivity contribution in [1.29, 1.82) is 0 Å². The fourth-order valence-electron chi connectivity index (χ4n) is 1.48. The van der Waals surface area contributed by atoms with Crippen LogP contribution in [0.4, 0.5) is 0 Å². The number of ether oxygens (including phenoxy) is 1. The Bertz CT molecular complexity index is 359. The maximum Gasteiger partial charge on any atom is 0.310 e. The number of carbonyl (C=O) groups excluding carboxylic acids is 1. The van der Waals surface area contributed by atoms with Gasteiger partial charge in [0.05, 0.1) is 13.0 Å². The number of aliphatic carboxylic acids is 1. The average Bonchev–Trinajstić information content (AvgIpc) is 2.30. The summed E-state index contributed by atoms with van der Waals surface area (Å²) < 4.78 is 4.48. The molecule has 0 spiro atoms. The summed E-state index contributed by atoms with van der Waals surface area (Å²) in [6.45, 7) is 0. The highest BCUT2D eigenvalue weighted by atomic mass is 16.5. The molecule has 0 aliphatic heterocycles. The lowest BCUT2D eigenvalue weighted by atomic mass is 9.94. The molecule has 0 aliphatic rings. The van der Waals surface area contributed by atoms with E-state index in [0.29, 0.717) is 5.56 Å². The molecule has 0 radical (unpaired) electrons. The molecule has 0 saturated carbocycles. The molecule has 1 aromatic rings. The van der Waals surface area contributed by atoms with E-state index in [0.717, 1.165) is 0 Å². The van der Waals surface area contributed by atoms with Gasteiger partial charge in [0.25, 0.3) is 0 Å². The number of benzene rings is 1. The first-order valence-corrected chi connectivity index (χ1v) is 4.99. The highest BCUT2D eigenvalue weighted by Crippen LogP contribution is 2.21. The van der Waals surface area contributed by atoms with Gasteiger partial charge in [0, 0.05) is 6.42 Å². The number of carboxylic acids is 1. The van der Waals surface area contributed by atoms with Crippen LogP contribution in [0.2, 0.25) is 0 Å². The van der Waals surface area contributed by atoms with Gasteiger partial charge in [0.1, 0.15) is 0 Å². The molecule has 1 rings (SSSR count). The van der Waals surface area contributed by atoms with Gasteiger partial charge in [-0.25, -0.2) is 0 Å². The van der Waals surface area contributed by atoms with Crippen LogP contribution in [0.1, 0.15) is 24.3 Å². The lowest BCUT2D eigenvalue weighted by molar-refractivity contribution is -0.142. The number of hydrogen-bond acceptors (Lipinski definition) is 3. The van der Waals surface area contributed by atoms with E-state index < -0.39 is 11.9 Å². The Morgan fingerprint density at radius 2 is 1.94 bits per heavy atom. The molecule has 4 heteroatoms. The van der Waals surface area contributed by atoms with E-state index >= 15 is 0 Å². The minimum Gasteiger partial charge on any atom is -0.481 e. The van der Waals surface area contributed by atoms with Crippen LogP contribution in [0.3, 0.4) is 0 Å². The molecule has 0 aliphatic carbocycles.